The van der Waals surface area contributed by atoms with Crippen LogP contribution >= 0.6 is 0 Å². The molecule has 0 bridgehead atoms. The molecule has 19 heavy (non-hydrogen) atoms. The van der Waals surface area contributed by atoms with Crippen molar-refractivity contribution in [3.05, 3.63) is 0 Å². The molecule has 1 fully saturated rings. The van der Waals surface area contributed by atoms with Gasteiger partial charge >= 0.3 is 12.0 Å². The summed E-state index contributed by atoms with van der Waals surface area (Å²) in [6, 6.07) is -0.758. The van der Waals surface area contributed by atoms with Gasteiger partial charge in [-0.3, -0.25) is 0 Å². The van der Waals surface area contributed by atoms with Crippen LogP contribution < -0.4 is 5.32 Å². The molecule has 0 aromatic rings. The van der Waals surface area contributed by atoms with Crippen molar-refractivity contribution in [2.75, 3.05) is 6.54 Å². The molecule has 1 aliphatic carbocycles. The fourth-order valence-electron chi connectivity index (χ4n) is 2.68. The molecular formula is C14H26N2O3. The summed E-state index contributed by atoms with van der Waals surface area (Å²) < 4.78 is 0. The Bertz CT molecular complexity index is 314. The number of carbonyl (C=O) groups excluding carboxylic acids is 1. The fourth-order valence-corrected chi connectivity index (χ4v) is 2.68. The van der Waals surface area contributed by atoms with Crippen molar-refractivity contribution in [3.8, 4) is 0 Å². The van der Waals surface area contributed by atoms with Gasteiger partial charge in [0.25, 0.3) is 0 Å². The second kappa shape index (κ2) is 7.36. The smallest absolute Gasteiger partial charge is 0.326 e. The normalized spacial score (nSPS) is 18.9. The minimum Gasteiger partial charge on any atom is -0.480 e. The summed E-state index contributed by atoms with van der Waals surface area (Å²) in [5.41, 5.74) is 0. The molecule has 1 rings (SSSR count). The highest BCUT2D eigenvalue weighted by Gasteiger charge is 2.30. The van der Waals surface area contributed by atoms with E-state index in [0.717, 1.165) is 32.1 Å². The van der Waals surface area contributed by atoms with Gasteiger partial charge in [0.1, 0.15) is 6.04 Å². The predicted molar refractivity (Wildman–Crippen MR) is 74.0 cm³/mol. The van der Waals surface area contributed by atoms with E-state index < -0.39 is 12.0 Å². The highest BCUT2D eigenvalue weighted by molar-refractivity contribution is 5.83. The number of nitrogens with one attached hydrogen (secondary N) is 1. The Hall–Kier alpha value is -1.26. The summed E-state index contributed by atoms with van der Waals surface area (Å²) in [5.74, 6) is -1.02. The van der Waals surface area contributed by atoms with Crippen LogP contribution in [0.2, 0.25) is 0 Å². The third kappa shape index (κ3) is 4.11. The van der Waals surface area contributed by atoms with Gasteiger partial charge in [0.15, 0.2) is 0 Å². The molecule has 5 nitrogen and oxygen atoms in total. The topological polar surface area (TPSA) is 69.6 Å². The van der Waals surface area contributed by atoms with E-state index >= 15 is 0 Å². The molecule has 0 spiro atoms. The minimum absolute atomic E-state index is 0.0660. The van der Waals surface area contributed by atoms with E-state index in [4.69, 9.17) is 0 Å². The molecule has 2 N–H and O–H groups in total. The highest BCUT2D eigenvalue weighted by atomic mass is 16.4. The second-order valence-electron chi connectivity index (χ2n) is 5.38. The fraction of sp³-hybridized carbons (Fsp3) is 0.857. The Balaban J connectivity index is 2.66. The Morgan fingerprint density at radius 1 is 1.32 bits per heavy atom. The summed E-state index contributed by atoms with van der Waals surface area (Å²) in [5, 5.41) is 11.9. The lowest BCUT2D eigenvalue weighted by molar-refractivity contribution is -0.140. The molecule has 2 atom stereocenters. The van der Waals surface area contributed by atoms with Gasteiger partial charge in [-0.15, -0.1) is 0 Å². The first-order valence-electron chi connectivity index (χ1n) is 7.31. The van der Waals surface area contributed by atoms with Crippen molar-refractivity contribution in [3.63, 3.8) is 0 Å². The summed E-state index contributed by atoms with van der Waals surface area (Å²) in [6.45, 7) is 6.35. The minimum atomic E-state index is -0.954. The molecule has 0 heterocycles. The van der Waals surface area contributed by atoms with E-state index in [-0.39, 0.29) is 18.0 Å². The van der Waals surface area contributed by atoms with Crippen LogP contribution in [0.4, 0.5) is 4.79 Å². The molecule has 1 saturated carbocycles. The Morgan fingerprint density at radius 2 is 1.89 bits per heavy atom. The van der Waals surface area contributed by atoms with Crippen LogP contribution in [0.25, 0.3) is 0 Å². The van der Waals surface area contributed by atoms with Gasteiger partial charge in [0.05, 0.1) is 0 Å². The van der Waals surface area contributed by atoms with E-state index in [9.17, 15) is 14.7 Å². The maximum atomic E-state index is 12.2. The number of rotatable bonds is 6. The van der Waals surface area contributed by atoms with Crippen LogP contribution in [0.1, 0.15) is 52.9 Å². The summed E-state index contributed by atoms with van der Waals surface area (Å²) in [6.07, 6.45) is 5.10. The molecule has 110 valence electrons. The van der Waals surface area contributed by atoms with Crippen molar-refractivity contribution in [2.45, 2.75) is 65.0 Å². The van der Waals surface area contributed by atoms with Crippen molar-refractivity contribution in [2.24, 2.45) is 5.92 Å². The maximum absolute atomic E-state index is 12.2. The van der Waals surface area contributed by atoms with Gasteiger partial charge in [0, 0.05) is 12.6 Å². The first kappa shape index (κ1) is 15.8. The number of carbonyl (C=O) groups is 2. The van der Waals surface area contributed by atoms with Gasteiger partial charge in [-0.2, -0.15) is 0 Å². The summed E-state index contributed by atoms with van der Waals surface area (Å²) in [7, 11) is 0. The van der Waals surface area contributed by atoms with E-state index in [1.165, 1.54) is 0 Å². The average Bonchev–Trinajstić information content (AvgIpc) is 2.89. The van der Waals surface area contributed by atoms with Gasteiger partial charge in [-0.05, 0) is 25.7 Å². The van der Waals surface area contributed by atoms with Crippen molar-refractivity contribution < 1.29 is 14.7 Å². The average molecular weight is 270 g/mol. The van der Waals surface area contributed by atoms with Gasteiger partial charge < -0.3 is 15.3 Å². The van der Waals surface area contributed by atoms with E-state index in [1.807, 2.05) is 20.8 Å². The van der Waals surface area contributed by atoms with E-state index in [2.05, 4.69) is 5.32 Å². The molecule has 0 aliphatic heterocycles. The first-order valence-corrected chi connectivity index (χ1v) is 7.31. The molecule has 1 aliphatic rings. The molecule has 0 unspecified atom stereocenters. The largest absolute Gasteiger partial charge is 0.480 e. The second-order valence-corrected chi connectivity index (χ2v) is 5.38. The standard InChI is InChI=1S/C14H26N2O3/c1-4-10(3)12(13(17)18)15-14(19)16(5-2)11-8-6-7-9-11/h10-12H,4-9H2,1-3H3,(H,15,19)(H,17,18)/t10-,12-/m0/s1. The predicted octanol–water partition coefficient (Wildman–Crippen LogP) is 2.46. The molecule has 5 heteroatoms. The molecule has 0 radical (unpaired) electrons. The summed E-state index contributed by atoms with van der Waals surface area (Å²) in [4.78, 5) is 25.3. The van der Waals surface area contributed by atoms with Crippen molar-refractivity contribution in [1.29, 1.82) is 0 Å². The Kier molecular flexibility index (Phi) is 6.12. The van der Waals surface area contributed by atoms with Gasteiger partial charge in [-0.25, -0.2) is 9.59 Å². The lowest BCUT2D eigenvalue weighted by Gasteiger charge is -2.30. The number of amides is 2. The SMILES string of the molecule is CC[C@H](C)[C@H](NC(=O)N(CC)C1CCCC1)C(=O)O. The van der Waals surface area contributed by atoms with Gasteiger partial charge in [-0.1, -0.05) is 33.1 Å². The lowest BCUT2D eigenvalue weighted by atomic mass is 9.99. The molecule has 0 saturated heterocycles. The number of carboxylic acids is 1. The van der Waals surface area contributed by atoms with Crippen molar-refractivity contribution >= 4 is 12.0 Å². The monoisotopic (exact) mass is 270 g/mol. The number of aliphatic carboxylic acids is 1. The zero-order valence-electron chi connectivity index (χ0n) is 12.2. The van der Waals surface area contributed by atoms with Gasteiger partial charge in [0.2, 0.25) is 0 Å². The Labute approximate surface area is 115 Å². The Morgan fingerprint density at radius 3 is 2.32 bits per heavy atom. The van der Waals surface area contributed by atoms with Crippen LogP contribution in [-0.4, -0.2) is 40.6 Å². The number of hydrogen-bond donors (Lipinski definition) is 2. The van der Waals surface area contributed by atoms with E-state index in [1.54, 1.807) is 4.90 Å². The zero-order chi connectivity index (χ0) is 14.4. The van der Waals surface area contributed by atoms with Crippen LogP contribution in [0.5, 0.6) is 0 Å². The summed E-state index contributed by atoms with van der Waals surface area (Å²) >= 11 is 0. The lowest BCUT2D eigenvalue weighted by Crippen LogP contribution is -2.52. The van der Waals surface area contributed by atoms with Crippen LogP contribution in [0.3, 0.4) is 0 Å². The van der Waals surface area contributed by atoms with Crippen LogP contribution in [0, 0.1) is 5.92 Å². The molecule has 0 aromatic carbocycles. The third-order valence-corrected chi connectivity index (χ3v) is 4.13. The quantitative estimate of drug-likeness (QED) is 0.779. The third-order valence-electron chi connectivity index (χ3n) is 4.13. The maximum Gasteiger partial charge on any atom is 0.326 e. The number of nitrogens with zero attached hydrogens (tertiary/aromatic N) is 1. The number of hydrogen-bond acceptors (Lipinski definition) is 2. The molecule has 0 aromatic heterocycles. The highest BCUT2D eigenvalue weighted by Crippen LogP contribution is 2.23. The zero-order valence-corrected chi connectivity index (χ0v) is 12.2. The molecule has 2 amide bonds. The number of urea groups is 1. The number of carboxylic acid groups (broad SMARTS) is 1. The molecular weight excluding hydrogens is 244 g/mol. The van der Waals surface area contributed by atoms with Crippen molar-refractivity contribution in [1.82, 2.24) is 10.2 Å². The van der Waals surface area contributed by atoms with Crippen LogP contribution in [0.15, 0.2) is 0 Å². The van der Waals surface area contributed by atoms with Crippen LogP contribution in [-0.2, 0) is 4.79 Å². The van der Waals surface area contributed by atoms with E-state index in [0.29, 0.717) is 6.54 Å². The first-order chi connectivity index (χ1) is 9.01.